The summed E-state index contributed by atoms with van der Waals surface area (Å²) in [7, 11) is 0. The first-order valence-corrected chi connectivity index (χ1v) is 8.27. The highest BCUT2D eigenvalue weighted by atomic mass is 32.1. The van der Waals surface area contributed by atoms with Crippen molar-refractivity contribution in [2.75, 3.05) is 37.6 Å². The van der Waals surface area contributed by atoms with Gasteiger partial charge in [0.2, 0.25) is 5.91 Å². The number of nitrogens with one attached hydrogen (secondary N) is 1. The van der Waals surface area contributed by atoms with Gasteiger partial charge in [0.25, 0.3) is 0 Å². The summed E-state index contributed by atoms with van der Waals surface area (Å²) in [4.78, 5) is 20.8. The molecule has 0 radical (unpaired) electrons. The molecular formula is C14H24N4OS. The van der Waals surface area contributed by atoms with E-state index < -0.39 is 0 Å². The van der Waals surface area contributed by atoms with Crippen LogP contribution in [0.15, 0.2) is 11.6 Å². The van der Waals surface area contributed by atoms with Crippen LogP contribution in [0.25, 0.3) is 0 Å². The van der Waals surface area contributed by atoms with Crippen molar-refractivity contribution in [2.24, 2.45) is 0 Å². The molecule has 1 amide bonds. The highest BCUT2D eigenvalue weighted by Gasteiger charge is 2.20. The van der Waals surface area contributed by atoms with Crippen LogP contribution in [-0.4, -0.2) is 54.6 Å². The van der Waals surface area contributed by atoms with Crippen LogP contribution in [0, 0.1) is 0 Å². The van der Waals surface area contributed by atoms with E-state index in [0.29, 0.717) is 12.6 Å². The summed E-state index contributed by atoms with van der Waals surface area (Å²) >= 11 is 1.68. The van der Waals surface area contributed by atoms with Crippen molar-refractivity contribution in [3.63, 3.8) is 0 Å². The fourth-order valence-corrected chi connectivity index (χ4v) is 3.14. The molecule has 1 aromatic rings. The van der Waals surface area contributed by atoms with Crippen molar-refractivity contribution in [1.82, 2.24) is 15.2 Å². The molecular weight excluding hydrogens is 272 g/mol. The third kappa shape index (κ3) is 4.18. The Labute approximate surface area is 125 Å². The number of anilines is 1. The molecule has 1 N–H and O–H groups in total. The largest absolute Gasteiger partial charge is 0.352 e. The molecule has 1 aliphatic heterocycles. The predicted octanol–water partition coefficient (Wildman–Crippen LogP) is 1.57. The van der Waals surface area contributed by atoms with Crippen LogP contribution in [0.4, 0.5) is 5.13 Å². The van der Waals surface area contributed by atoms with Gasteiger partial charge in [0.1, 0.15) is 0 Å². The van der Waals surface area contributed by atoms with Crippen molar-refractivity contribution in [3.8, 4) is 0 Å². The molecule has 0 saturated carbocycles. The number of aromatic nitrogens is 1. The fourth-order valence-electron chi connectivity index (χ4n) is 2.44. The molecule has 1 aromatic heterocycles. The fraction of sp³-hybridized carbons (Fsp3) is 0.714. The zero-order chi connectivity index (χ0) is 14.4. The maximum absolute atomic E-state index is 12.0. The standard InChI is InChI=1S/C14H24N4OS/c1-3-12(4-2)16-13(19)11-17-6-8-18(9-7-17)14-15-5-10-20-14/h5,10,12H,3-4,6-9,11H2,1-2H3,(H,16,19). The molecule has 1 saturated heterocycles. The van der Waals surface area contributed by atoms with E-state index in [9.17, 15) is 4.79 Å². The van der Waals surface area contributed by atoms with Crippen LogP contribution in [0.1, 0.15) is 26.7 Å². The molecule has 0 aromatic carbocycles. The minimum absolute atomic E-state index is 0.154. The normalized spacial score (nSPS) is 16.6. The minimum atomic E-state index is 0.154. The summed E-state index contributed by atoms with van der Waals surface area (Å²) in [6.07, 6.45) is 3.84. The summed E-state index contributed by atoms with van der Waals surface area (Å²) < 4.78 is 0. The molecule has 1 aliphatic rings. The number of thiazole rings is 1. The Morgan fingerprint density at radius 3 is 2.60 bits per heavy atom. The maximum atomic E-state index is 12.0. The Hall–Kier alpha value is -1.14. The van der Waals surface area contributed by atoms with E-state index in [4.69, 9.17) is 0 Å². The first kappa shape index (κ1) is 15.3. The van der Waals surface area contributed by atoms with Gasteiger partial charge in [-0.25, -0.2) is 4.98 Å². The lowest BCUT2D eigenvalue weighted by Gasteiger charge is -2.34. The van der Waals surface area contributed by atoms with E-state index in [1.165, 1.54) is 0 Å². The number of nitrogens with zero attached hydrogens (tertiary/aromatic N) is 3. The molecule has 2 rings (SSSR count). The third-order valence-electron chi connectivity index (χ3n) is 3.78. The molecule has 0 atom stereocenters. The van der Waals surface area contributed by atoms with E-state index in [1.54, 1.807) is 11.3 Å². The molecule has 0 unspecified atom stereocenters. The average Bonchev–Trinajstić information content (AvgIpc) is 2.99. The van der Waals surface area contributed by atoms with E-state index in [1.807, 2.05) is 11.6 Å². The van der Waals surface area contributed by atoms with Crippen LogP contribution < -0.4 is 10.2 Å². The van der Waals surface area contributed by atoms with Crippen molar-refractivity contribution >= 4 is 22.4 Å². The van der Waals surface area contributed by atoms with Crippen molar-refractivity contribution in [1.29, 1.82) is 0 Å². The number of piperazine rings is 1. The molecule has 1 fully saturated rings. The summed E-state index contributed by atoms with van der Waals surface area (Å²) in [5, 5.41) is 6.19. The molecule has 6 heteroatoms. The average molecular weight is 296 g/mol. The zero-order valence-corrected chi connectivity index (χ0v) is 13.2. The highest BCUT2D eigenvalue weighted by Crippen LogP contribution is 2.18. The van der Waals surface area contributed by atoms with Gasteiger partial charge >= 0.3 is 0 Å². The van der Waals surface area contributed by atoms with Gasteiger partial charge in [-0.1, -0.05) is 13.8 Å². The van der Waals surface area contributed by atoms with Gasteiger partial charge in [0.05, 0.1) is 6.54 Å². The minimum Gasteiger partial charge on any atom is -0.352 e. The number of carbonyl (C=O) groups excluding carboxylic acids is 1. The predicted molar refractivity (Wildman–Crippen MR) is 83.3 cm³/mol. The van der Waals surface area contributed by atoms with Gasteiger partial charge in [0, 0.05) is 43.8 Å². The van der Waals surface area contributed by atoms with Gasteiger partial charge in [-0.15, -0.1) is 11.3 Å². The van der Waals surface area contributed by atoms with E-state index in [0.717, 1.165) is 44.2 Å². The van der Waals surface area contributed by atoms with Gasteiger partial charge in [-0.3, -0.25) is 9.69 Å². The first-order valence-electron chi connectivity index (χ1n) is 7.39. The molecule has 0 spiro atoms. The van der Waals surface area contributed by atoms with Crippen LogP contribution in [0.2, 0.25) is 0 Å². The third-order valence-corrected chi connectivity index (χ3v) is 4.61. The molecule has 2 heterocycles. The van der Waals surface area contributed by atoms with Gasteiger partial charge < -0.3 is 10.2 Å². The number of hydrogen-bond acceptors (Lipinski definition) is 5. The first-order chi connectivity index (χ1) is 9.72. The summed E-state index contributed by atoms with van der Waals surface area (Å²) in [6, 6.07) is 0.319. The van der Waals surface area contributed by atoms with Crippen LogP contribution in [0.5, 0.6) is 0 Å². The lowest BCUT2D eigenvalue weighted by Crippen LogP contribution is -2.50. The van der Waals surface area contributed by atoms with Crippen molar-refractivity contribution < 1.29 is 4.79 Å². The quantitative estimate of drug-likeness (QED) is 0.866. The lowest BCUT2D eigenvalue weighted by molar-refractivity contribution is -0.123. The second-order valence-electron chi connectivity index (χ2n) is 5.16. The van der Waals surface area contributed by atoms with Crippen LogP contribution in [0.3, 0.4) is 0 Å². The Morgan fingerprint density at radius 1 is 1.35 bits per heavy atom. The van der Waals surface area contributed by atoms with Gasteiger partial charge in [-0.2, -0.15) is 0 Å². The van der Waals surface area contributed by atoms with Gasteiger partial charge in [0.15, 0.2) is 5.13 Å². The second-order valence-corrected chi connectivity index (χ2v) is 6.03. The molecule has 0 aliphatic carbocycles. The summed E-state index contributed by atoms with van der Waals surface area (Å²) in [5.74, 6) is 0.154. The Balaban J connectivity index is 1.73. The van der Waals surface area contributed by atoms with E-state index in [-0.39, 0.29) is 5.91 Å². The highest BCUT2D eigenvalue weighted by molar-refractivity contribution is 7.13. The Kier molecular flexibility index (Phi) is 5.79. The Bertz CT molecular complexity index is 397. The summed E-state index contributed by atoms with van der Waals surface area (Å²) in [5.41, 5.74) is 0. The van der Waals surface area contributed by atoms with Crippen molar-refractivity contribution in [3.05, 3.63) is 11.6 Å². The van der Waals surface area contributed by atoms with Crippen LogP contribution >= 0.6 is 11.3 Å². The lowest BCUT2D eigenvalue weighted by atomic mass is 10.2. The number of rotatable bonds is 6. The van der Waals surface area contributed by atoms with Crippen LogP contribution in [-0.2, 0) is 4.79 Å². The monoisotopic (exact) mass is 296 g/mol. The number of hydrogen-bond donors (Lipinski definition) is 1. The van der Waals surface area contributed by atoms with Crippen molar-refractivity contribution in [2.45, 2.75) is 32.7 Å². The number of amides is 1. The molecule has 5 nitrogen and oxygen atoms in total. The smallest absolute Gasteiger partial charge is 0.234 e. The number of carbonyl (C=O) groups is 1. The Morgan fingerprint density at radius 2 is 2.05 bits per heavy atom. The topological polar surface area (TPSA) is 48.5 Å². The second kappa shape index (κ2) is 7.59. The van der Waals surface area contributed by atoms with E-state index >= 15 is 0 Å². The maximum Gasteiger partial charge on any atom is 0.234 e. The molecule has 0 bridgehead atoms. The SMILES string of the molecule is CCC(CC)NC(=O)CN1CCN(c2nccs2)CC1. The van der Waals surface area contributed by atoms with E-state index in [2.05, 4.69) is 33.9 Å². The molecule has 20 heavy (non-hydrogen) atoms. The zero-order valence-electron chi connectivity index (χ0n) is 12.3. The van der Waals surface area contributed by atoms with Gasteiger partial charge in [-0.05, 0) is 12.8 Å². The molecule has 112 valence electrons. The summed E-state index contributed by atoms with van der Waals surface area (Å²) in [6.45, 7) is 8.49.